The van der Waals surface area contributed by atoms with E-state index in [0.717, 1.165) is 9.80 Å². The van der Waals surface area contributed by atoms with E-state index in [9.17, 15) is 19.2 Å². The first kappa shape index (κ1) is 17.7. The first-order valence-electron chi connectivity index (χ1n) is 5.95. The lowest BCUT2D eigenvalue weighted by atomic mass is 10.2. The van der Waals surface area contributed by atoms with Gasteiger partial charge in [-0.1, -0.05) is 13.8 Å². The molecule has 0 aromatic rings. The van der Waals surface area contributed by atoms with E-state index >= 15 is 0 Å². The van der Waals surface area contributed by atoms with Gasteiger partial charge in [-0.25, -0.2) is 4.79 Å². The van der Waals surface area contributed by atoms with Gasteiger partial charge in [-0.2, -0.15) is 0 Å². The number of carbonyl (C=O) groups is 4. The number of carboxylic acids is 1. The van der Waals surface area contributed by atoms with Crippen molar-refractivity contribution in [3.8, 4) is 0 Å². The maximum absolute atomic E-state index is 12.2. The number of amides is 4. The van der Waals surface area contributed by atoms with Gasteiger partial charge in [0.15, 0.2) is 0 Å². The summed E-state index contributed by atoms with van der Waals surface area (Å²) < 4.78 is 0. The second-order valence-electron chi connectivity index (χ2n) is 4.74. The molecule has 0 aromatic heterocycles. The Hall–Kier alpha value is -2.32. The molecular weight excluding hydrogens is 268 g/mol. The highest BCUT2D eigenvalue weighted by Crippen LogP contribution is 2.04. The molecule has 0 saturated carbocycles. The van der Waals surface area contributed by atoms with Crippen molar-refractivity contribution in [2.45, 2.75) is 13.8 Å². The Morgan fingerprint density at radius 2 is 1.40 bits per heavy atom. The van der Waals surface area contributed by atoms with Crippen LogP contribution in [0.5, 0.6) is 0 Å². The molecule has 0 saturated heterocycles. The van der Waals surface area contributed by atoms with Gasteiger partial charge >= 0.3 is 12.0 Å². The van der Waals surface area contributed by atoms with Gasteiger partial charge < -0.3 is 26.4 Å². The van der Waals surface area contributed by atoms with Crippen molar-refractivity contribution in [1.29, 1.82) is 0 Å². The van der Waals surface area contributed by atoms with E-state index in [1.807, 2.05) is 13.8 Å². The molecule has 0 bridgehead atoms. The summed E-state index contributed by atoms with van der Waals surface area (Å²) in [5, 5.41) is 8.74. The third-order valence-corrected chi connectivity index (χ3v) is 2.15. The molecule has 0 aliphatic carbocycles. The van der Waals surface area contributed by atoms with Gasteiger partial charge in [-0.05, 0) is 5.92 Å². The van der Waals surface area contributed by atoms with Crippen molar-refractivity contribution in [1.82, 2.24) is 9.80 Å². The van der Waals surface area contributed by atoms with Crippen LogP contribution in [0.2, 0.25) is 0 Å². The largest absolute Gasteiger partial charge is 0.480 e. The molecule has 0 heterocycles. The average Bonchev–Trinajstić information content (AvgIpc) is 2.23. The SMILES string of the molecule is CC(C)CN(CC(N)=O)C(=O)N(CC(N)=O)CC(=O)O. The Bertz CT molecular complexity index is 380. The fourth-order valence-electron chi connectivity index (χ4n) is 1.58. The number of carbonyl (C=O) groups excluding carboxylic acids is 3. The normalized spacial score (nSPS) is 10.2. The minimum atomic E-state index is -1.29. The number of primary amides is 2. The number of aliphatic carboxylic acids is 1. The molecule has 5 N–H and O–H groups in total. The van der Waals surface area contributed by atoms with Crippen LogP contribution in [-0.2, 0) is 14.4 Å². The van der Waals surface area contributed by atoms with Gasteiger partial charge in [-0.3, -0.25) is 14.4 Å². The zero-order valence-electron chi connectivity index (χ0n) is 11.5. The number of nitrogens with two attached hydrogens (primary N) is 2. The summed E-state index contributed by atoms with van der Waals surface area (Å²) in [4.78, 5) is 46.6. The van der Waals surface area contributed by atoms with Crippen LogP contribution in [0.3, 0.4) is 0 Å². The standard InChI is InChI=1S/C11H20N4O5/c1-7(2)3-14(4-8(12)16)11(20)15(5-9(13)17)6-10(18)19/h7H,3-6H2,1-2H3,(H2,12,16)(H2,13,17)(H,18,19). The Kier molecular flexibility index (Phi) is 7.05. The van der Waals surface area contributed by atoms with Crippen molar-refractivity contribution in [3.63, 3.8) is 0 Å². The second kappa shape index (κ2) is 7.97. The Labute approximate surface area is 116 Å². The number of hydrogen-bond donors (Lipinski definition) is 3. The van der Waals surface area contributed by atoms with Crippen LogP contribution in [0.15, 0.2) is 0 Å². The number of nitrogens with zero attached hydrogens (tertiary/aromatic N) is 2. The van der Waals surface area contributed by atoms with Gasteiger partial charge in [0.05, 0.1) is 0 Å². The molecule has 20 heavy (non-hydrogen) atoms. The first-order chi connectivity index (χ1) is 9.13. The molecule has 9 heteroatoms. The predicted molar refractivity (Wildman–Crippen MR) is 69.4 cm³/mol. The number of carboxylic acid groups (broad SMARTS) is 1. The van der Waals surface area contributed by atoms with Crippen LogP contribution in [0.1, 0.15) is 13.8 Å². The molecule has 0 atom stereocenters. The van der Waals surface area contributed by atoms with Crippen LogP contribution < -0.4 is 11.5 Å². The molecule has 114 valence electrons. The van der Waals surface area contributed by atoms with E-state index < -0.39 is 36.9 Å². The Morgan fingerprint density at radius 3 is 1.75 bits per heavy atom. The number of rotatable bonds is 8. The summed E-state index contributed by atoms with van der Waals surface area (Å²) in [6, 6.07) is -0.765. The van der Waals surface area contributed by atoms with Crippen LogP contribution in [0.25, 0.3) is 0 Å². The van der Waals surface area contributed by atoms with Crippen LogP contribution >= 0.6 is 0 Å². The van der Waals surface area contributed by atoms with Crippen molar-refractivity contribution < 1.29 is 24.3 Å². The smallest absolute Gasteiger partial charge is 0.323 e. The average molecular weight is 288 g/mol. The Morgan fingerprint density at radius 1 is 0.950 bits per heavy atom. The third kappa shape index (κ3) is 7.19. The van der Waals surface area contributed by atoms with E-state index in [4.69, 9.17) is 16.6 Å². The molecule has 0 unspecified atom stereocenters. The third-order valence-electron chi connectivity index (χ3n) is 2.15. The van der Waals surface area contributed by atoms with E-state index in [1.54, 1.807) is 0 Å². The number of urea groups is 1. The quantitative estimate of drug-likeness (QED) is 0.493. The van der Waals surface area contributed by atoms with Crippen molar-refractivity contribution in [2.24, 2.45) is 17.4 Å². The van der Waals surface area contributed by atoms with Crippen LogP contribution in [-0.4, -0.2) is 64.9 Å². The van der Waals surface area contributed by atoms with E-state index in [2.05, 4.69) is 0 Å². The lowest BCUT2D eigenvalue weighted by Gasteiger charge is -2.29. The predicted octanol–water partition coefficient (Wildman–Crippen LogP) is -1.58. The molecular formula is C11H20N4O5. The molecule has 0 rings (SSSR count). The zero-order valence-corrected chi connectivity index (χ0v) is 11.5. The van der Waals surface area contributed by atoms with Crippen molar-refractivity contribution >= 4 is 23.8 Å². The summed E-state index contributed by atoms with van der Waals surface area (Å²) in [7, 11) is 0. The van der Waals surface area contributed by atoms with E-state index in [-0.39, 0.29) is 19.0 Å². The molecule has 4 amide bonds. The first-order valence-corrected chi connectivity index (χ1v) is 5.95. The molecule has 0 aromatic carbocycles. The fourth-order valence-corrected chi connectivity index (χ4v) is 1.58. The summed E-state index contributed by atoms with van der Waals surface area (Å²) >= 11 is 0. The molecule has 0 radical (unpaired) electrons. The van der Waals surface area contributed by atoms with E-state index in [0.29, 0.717) is 0 Å². The maximum atomic E-state index is 12.2. The molecule has 0 aliphatic rings. The molecule has 0 fully saturated rings. The molecule has 0 spiro atoms. The highest BCUT2D eigenvalue weighted by Gasteiger charge is 2.25. The van der Waals surface area contributed by atoms with Crippen LogP contribution in [0.4, 0.5) is 4.79 Å². The molecule has 0 aliphatic heterocycles. The van der Waals surface area contributed by atoms with Gasteiger partial charge in [-0.15, -0.1) is 0 Å². The summed E-state index contributed by atoms with van der Waals surface area (Å²) in [5.74, 6) is -2.82. The van der Waals surface area contributed by atoms with E-state index in [1.165, 1.54) is 0 Å². The van der Waals surface area contributed by atoms with Gasteiger partial charge in [0.1, 0.15) is 19.6 Å². The van der Waals surface area contributed by atoms with Gasteiger partial charge in [0.25, 0.3) is 0 Å². The fraction of sp³-hybridized carbons (Fsp3) is 0.636. The van der Waals surface area contributed by atoms with Crippen molar-refractivity contribution in [2.75, 3.05) is 26.2 Å². The van der Waals surface area contributed by atoms with Gasteiger partial charge in [0, 0.05) is 6.54 Å². The van der Waals surface area contributed by atoms with Crippen molar-refractivity contribution in [3.05, 3.63) is 0 Å². The lowest BCUT2D eigenvalue weighted by Crippen LogP contribution is -2.51. The van der Waals surface area contributed by atoms with Gasteiger partial charge in [0.2, 0.25) is 11.8 Å². The summed E-state index contributed by atoms with van der Waals surface area (Å²) in [6.45, 7) is 2.25. The van der Waals surface area contributed by atoms with Crippen LogP contribution in [0, 0.1) is 5.92 Å². The minimum Gasteiger partial charge on any atom is -0.480 e. The maximum Gasteiger partial charge on any atom is 0.323 e. The molecule has 9 nitrogen and oxygen atoms in total. The lowest BCUT2D eigenvalue weighted by molar-refractivity contribution is -0.138. The highest BCUT2D eigenvalue weighted by molar-refractivity contribution is 5.88. The highest BCUT2D eigenvalue weighted by atomic mass is 16.4. The number of hydrogen-bond acceptors (Lipinski definition) is 4. The zero-order chi connectivity index (χ0) is 15.9. The summed E-state index contributed by atoms with van der Waals surface area (Å²) in [5.41, 5.74) is 10.0. The summed E-state index contributed by atoms with van der Waals surface area (Å²) in [6.07, 6.45) is 0. The topological polar surface area (TPSA) is 147 Å². The monoisotopic (exact) mass is 288 g/mol. The second-order valence-corrected chi connectivity index (χ2v) is 4.74. The Balaban J connectivity index is 5.05. The minimum absolute atomic E-state index is 0.0403.